The Balaban J connectivity index is 0. The summed E-state index contributed by atoms with van der Waals surface area (Å²) < 4.78 is 9.37. The molecule has 0 N–H and O–H groups in total. The molecule has 0 bridgehead atoms. The Labute approximate surface area is 124 Å². The summed E-state index contributed by atoms with van der Waals surface area (Å²) in [5.41, 5.74) is 0. The first-order valence-electron chi connectivity index (χ1n) is 5.10. The Morgan fingerprint density at radius 2 is 1.48 bits per heavy atom. The molecule has 16 heteroatoms. The quantitative estimate of drug-likeness (QED) is 0.238. The zero-order chi connectivity index (χ0) is 17.2. The van der Waals surface area contributed by atoms with E-state index < -0.39 is 42.1 Å². The summed E-state index contributed by atoms with van der Waals surface area (Å²) in [5, 5.41) is 31.1. The van der Waals surface area contributed by atoms with Crippen LogP contribution < -0.4 is 0 Å². The van der Waals surface area contributed by atoms with Crippen molar-refractivity contribution in [2.75, 3.05) is 21.1 Å². The van der Waals surface area contributed by atoms with Gasteiger partial charge < -0.3 is 13.1 Å². The molecule has 0 aliphatic carbocycles. The van der Waals surface area contributed by atoms with Crippen LogP contribution in [0.25, 0.3) is 0 Å². The Morgan fingerprint density at radius 1 is 1.10 bits per heavy atom. The average Bonchev–Trinajstić information content (AvgIpc) is 2.40. The van der Waals surface area contributed by atoms with Crippen LogP contribution in [0.5, 0.6) is 0 Å². The molecule has 0 aromatic carbocycles. The minimum atomic E-state index is -4.96. The first-order chi connectivity index (χ1) is 9.63. The van der Waals surface area contributed by atoms with E-state index in [-0.39, 0.29) is 0 Å². The number of nitro groups is 3. The fourth-order valence-electron chi connectivity index (χ4n) is 0.730. The van der Waals surface area contributed by atoms with Crippen LogP contribution in [0.1, 0.15) is 0 Å². The maximum atomic E-state index is 10.4. The van der Waals surface area contributed by atoms with Gasteiger partial charge in [-0.3, -0.25) is 30.3 Å². The van der Waals surface area contributed by atoms with Crippen LogP contribution in [0.2, 0.25) is 0 Å². The van der Waals surface area contributed by atoms with E-state index in [0.717, 1.165) is 0 Å². The number of nitrogens with zero attached hydrogens (tertiary/aromatic N) is 4. The second kappa shape index (κ2) is 10.2. The van der Waals surface area contributed by atoms with Gasteiger partial charge in [-0.1, -0.05) is 0 Å². The summed E-state index contributed by atoms with van der Waals surface area (Å²) in [6.07, 6.45) is 0. The average molecular weight is 360 g/mol. The van der Waals surface area contributed by atoms with Gasteiger partial charge in [-0.15, -0.1) is 13.2 Å². The largest absolute Gasteiger partial charge is 1.14 e. The van der Waals surface area contributed by atoms with E-state index in [9.17, 15) is 30.3 Å². The minimum absolute atomic E-state index is 0.996. The van der Waals surface area contributed by atoms with Gasteiger partial charge in [0.15, 0.2) is 0 Å². The lowest BCUT2D eigenvalue weighted by Crippen LogP contribution is -2.66. The molecule has 0 spiro atoms. The summed E-state index contributed by atoms with van der Waals surface area (Å²) in [7, 11) is -4.66. The molecule has 1 unspecified atom stereocenters. The van der Waals surface area contributed by atoms with E-state index in [2.05, 4.69) is 25.5 Å². The first-order valence-corrected chi connectivity index (χ1v) is 9.42. The third-order valence-corrected chi connectivity index (χ3v) is 8.31. The summed E-state index contributed by atoms with van der Waals surface area (Å²) in [4.78, 5) is 33.1. The van der Waals surface area contributed by atoms with Crippen LogP contribution in [0, 0.1) is 30.3 Å². The molecule has 1 saturated heterocycles. The second-order valence-electron chi connectivity index (χ2n) is 3.54. The molecule has 1 heterocycles. The highest BCUT2D eigenvalue weighted by molar-refractivity contribution is 6.68. The number of rotatable bonds is 3. The van der Waals surface area contributed by atoms with Crippen LogP contribution >= 0.6 is 0 Å². The molecule has 0 aromatic heterocycles. The Kier molecular flexibility index (Phi) is 10.6. The van der Waals surface area contributed by atoms with Crippen molar-refractivity contribution in [1.82, 2.24) is 4.90 Å². The van der Waals surface area contributed by atoms with Gasteiger partial charge in [-0.25, -0.2) is 4.12 Å². The van der Waals surface area contributed by atoms with Crippen molar-refractivity contribution < 1.29 is 26.1 Å². The van der Waals surface area contributed by atoms with Crippen molar-refractivity contribution in [3.05, 3.63) is 43.5 Å². The summed E-state index contributed by atoms with van der Waals surface area (Å²) in [5.74, 6) is 0. The van der Waals surface area contributed by atoms with Gasteiger partial charge in [0, 0.05) is 0 Å². The molecule has 122 valence electrons. The van der Waals surface area contributed by atoms with Crippen molar-refractivity contribution >= 4 is 28.3 Å². The highest BCUT2D eigenvalue weighted by Gasteiger charge is 2.85. The molecule has 0 amide bonds. The van der Waals surface area contributed by atoms with Crippen molar-refractivity contribution in [2.24, 2.45) is 0 Å². The monoisotopic (exact) mass is 360 g/mol. The van der Waals surface area contributed by atoms with Gasteiger partial charge >= 0.3 is 28.3 Å². The standard InChI is InChI=1S/C3H9N.C2H4.H3N3O9Si3/c1-4(2)3;1-2;4-1(5)14-10-13-11-15(12-14,2(6)7)3(8)9/h1-3H3;1-2H2;14H,13H2. The predicted molar refractivity (Wildman–Crippen MR) is 76.6 cm³/mol. The highest BCUT2D eigenvalue weighted by atomic mass is 28.5. The van der Waals surface area contributed by atoms with Crippen LogP contribution in [-0.2, 0) is 12.3 Å². The van der Waals surface area contributed by atoms with Crippen molar-refractivity contribution in [1.29, 1.82) is 0 Å². The lowest BCUT2D eigenvalue weighted by Gasteiger charge is -2.16. The van der Waals surface area contributed by atoms with E-state index in [0.29, 0.717) is 0 Å². The topological polar surface area (TPSA) is 160 Å². The summed E-state index contributed by atoms with van der Waals surface area (Å²) in [6.45, 7) is 6.00. The summed E-state index contributed by atoms with van der Waals surface area (Å²) >= 11 is 0. The fraction of sp³-hybridized carbons (Fsp3) is 0.600. The molecular weight excluding hydrogens is 344 g/mol. The van der Waals surface area contributed by atoms with Crippen LogP contribution in [0.15, 0.2) is 13.2 Å². The lowest BCUT2D eigenvalue weighted by atomic mass is 11.0. The Bertz CT molecular complexity index is 366. The van der Waals surface area contributed by atoms with Gasteiger partial charge in [-0.05, 0) is 25.7 Å². The van der Waals surface area contributed by atoms with Crippen LogP contribution in [0.3, 0.4) is 0 Å². The Hall–Kier alpha value is -1.57. The van der Waals surface area contributed by atoms with E-state index in [1.54, 1.807) is 0 Å². The fourth-order valence-corrected chi connectivity index (χ4v) is 8.01. The molecule has 0 saturated carbocycles. The minimum Gasteiger partial charge on any atom is -0.365 e. The molecule has 13 nitrogen and oxygen atoms in total. The molecular formula is C5H16N4O9Si3. The number of hydrogen-bond donors (Lipinski definition) is 0. The molecule has 1 rings (SSSR count). The van der Waals surface area contributed by atoms with E-state index in [1.165, 1.54) is 0 Å². The van der Waals surface area contributed by atoms with Crippen molar-refractivity contribution in [3.63, 3.8) is 0 Å². The van der Waals surface area contributed by atoms with Crippen molar-refractivity contribution in [3.8, 4) is 0 Å². The highest BCUT2D eigenvalue weighted by Crippen LogP contribution is 2.15. The van der Waals surface area contributed by atoms with Crippen LogP contribution in [0.4, 0.5) is 0 Å². The van der Waals surface area contributed by atoms with Gasteiger partial charge in [0.25, 0.3) is 0 Å². The third-order valence-electron chi connectivity index (χ3n) is 1.35. The zero-order valence-corrected chi connectivity index (χ0v) is 15.2. The predicted octanol–water partition coefficient (Wildman–Crippen LogP) is -1.99. The van der Waals surface area contributed by atoms with Crippen molar-refractivity contribution in [2.45, 2.75) is 0 Å². The van der Waals surface area contributed by atoms with E-state index in [4.69, 9.17) is 0 Å². The van der Waals surface area contributed by atoms with E-state index in [1.807, 2.05) is 26.0 Å². The molecule has 1 fully saturated rings. The molecule has 1 aliphatic rings. The van der Waals surface area contributed by atoms with E-state index >= 15 is 0 Å². The summed E-state index contributed by atoms with van der Waals surface area (Å²) in [6, 6.07) is 0. The van der Waals surface area contributed by atoms with Gasteiger partial charge in [0.2, 0.25) is 0 Å². The zero-order valence-electron chi connectivity index (χ0n) is 11.7. The maximum Gasteiger partial charge on any atom is 1.14 e. The van der Waals surface area contributed by atoms with Gasteiger partial charge in [0.1, 0.15) is 0 Å². The SMILES string of the molecule is C=C.CN(C)C.O=[N+]([O-])[SiH]1O[SiH2]O[Si]([N+](=O)[O-])([N+](=O)[O-])O1. The maximum absolute atomic E-state index is 10.4. The smallest absolute Gasteiger partial charge is 0.365 e. The molecule has 0 radical (unpaired) electrons. The molecule has 0 aromatic rings. The van der Waals surface area contributed by atoms with Gasteiger partial charge in [-0.2, -0.15) is 0 Å². The normalized spacial score (nSPS) is 20.5. The third kappa shape index (κ3) is 7.12. The molecule has 1 atom stereocenters. The first kappa shape index (κ1) is 21.7. The van der Waals surface area contributed by atoms with Crippen LogP contribution in [-0.4, -0.2) is 68.1 Å². The number of hydrogen-bond acceptors (Lipinski definition) is 10. The Morgan fingerprint density at radius 3 is 1.76 bits per heavy atom. The van der Waals surface area contributed by atoms with Gasteiger partial charge in [0.05, 0.1) is 9.18 Å². The second-order valence-corrected chi connectivity index (χ2v) is 10.1. The molecule has 21 heavy (non-hydrogen) atoms. The molecule has 1 aliphatic heterocycles. The lowest BCUT2D eigenvalue weighted by molar-refractivity contribution is -0.539.